The van der Waals surface area contributed by atoms with Crippen molar-refractivity contribution in [3.8, 4) is 0 Å². The number of aromatic nitrogens is 2. The van der Waals surface area contributed by atoms with Crippen LogP contribution in [-0.2, 0) is 4.74 Å². The van der Waals surface area contributed by atoms with Gasteiger partial charge in [0.2, 0.25) is 0 Å². The van der Waals surface area contributed by atoms with E-state index in [1.807, 2.05) is 13.8 Å². The van der Waals surface area contributed by atoms with Crippen LogP contribution in [0.3, 0.4) is 0 Å². The van der Waals surface area contributed by atoms with Gasteiger partial charge in [0.05, 0.1) is 17.9 Å². The van der Waals surface area contributed by atoms with E-state index < -0.39 is 0 Å². The van der Waals surface area contributed by atoms with Crippen LogP contribution in [0.5, 0.6) is 0 Å². The smallest absolute Gasteiger partial charge is 0.287 e. The largest absolute Gasteiger partial charge is 0.381 e. The van der Waals surface area contributed by atoms with Crippen LogP contribution in [0.1, 0.15) is 32.7 Å². The van der Waals surface area contributed by atoms with E-state index in [1.165, 1.54) is 4.68 Å². The first kappa shape index (κ1) is 13.4. The molecule has 1 aliphatic rings. The summed E-state index contributed by atoms with van der Waals surface area (Å²) >= 11 is 6.09. The van der Waals surface area contributed by atoms with Gasteiger partial charge in [-0.15, -0.1) is 0 Å². The molecule has 1 fully saturated rings. The Bertz CT molecular complexity index is 467. The van der Waals surface area contributed by atoms with Gasteiger partial charge in [-0.25, -0.2) is 4.68 Å². The lowest BCUT2D eigenvalue weighted by molar-refractivity contribution is 0.0904. The highest BCUT2D eigenvalue weighted by Crippen LogP contribution is 2.20. The van der Waals surface area contributed by atoms with Crippen molar-refractivity contribution in [2.45, 2.75) is 38.8 Å². The van der Waals surface area contributed by atoms with Gasteiger partial charge in [0.15, 0.2) is 0 Å². The van der Waals surface area contributed by atoms with Crippen molar-refractivity contribution in [1.82, 2.24) is 9.78 Å². The zero-order valence-electron chi connectivity index (χ0n) is 10.6. The number of nitrogens with zero attached hydrogens (tertiary/aromatic N) is 2. The minimum atomic E-state index is -0.247. The number of hydrogen-bond acceptors (Lipinski definition) is 4. The van der Waals surface area contributed by atoms with Crippen LogP contribution in [0.25, 0.3) is 0 Å². The second-order valence-corrected chi connectivity index (χ2v) is 5.12. The van der Waals surface area contributed by atoms with Gasteiger partial charge < -0.3 is 10.1 Å². The average molecular weight is 272 g/mol. The molecule has 1 aromatic rings. The topological polar surface area (TPSA) is 56.1 Å². The van der Waals surface area contributed by atoms with Crippen LogP contribution in [0, 0.1) is 0 Å². The predicted octanol–water partition coefficient (Wildman–Crippen LogP) is 2.07. The lowest BCUT2D eigenvalue weighted by Gasteiger charge is -2.24. The van der Waals surface area contributed by atoms with Crippen molar-refractivity contribution in [2.24, 2.45) is 0 Å². The molecule has 0 bridgehead atoms. The molecule has 0 unspecified atom stereocenters. The maximum Gasteiger partial charge on any atom is 0.287 e. The summed E-state index contributed by atoms with van der Waals surface area (Å²) in [6, 6.07) is 0.305. The summed E-state index contributed by atoms with van der Waals surface area (Å²) < 4.78 is 6.67. The Kier molecular flexibility index (Phi) is 4.24. The van der Waals surface area contributed by atoms with Gasteiger partial charge in [0, 0.05) is 19.3 Å². The van der Waals surface area contributed by atoms with Crippen LogP contribution in [0.4, 0.5) is 5.69 Å². The fourth-order valence-electron chi connectivity index (χ4n) is 1.98. The van der Waals surface area contributed by atoms with E-state index >= 15 is 0 Å². The van der Waals surface area contributed by atoms with E-state index in [1.54, 1.807) is 6.20 Å². The Labute approximate surface area is 111 Å². The molecule has 1 aliphatic heterocycles. The van der Waals surface area contributed by atoms with Gasteiger partial charge in [-0.05, 0) is 26.7 Å². The second-order valence-electron chi connectivity index (χ2n) is 4.75. The van der Waals surface area contributed by atoms with Gasteiger partial charge in [-0.1, -0.05) is 11.6 Å². The van der Waals surface area contributed by atoms with Crippen molar-refractivity contribution >= 4 is 17.3 Å². The summed E-state index contributed by atoms with van der Waals surface area (Å²) in [5.74, 6) is 0. The number of hydrogen-bond donors (Lipinski definition) is 1. The standard InChI is InChI=1S/C12H18ClN3O2/c1-8(2)16-12(17)11(13)10(7-14-16)15-9-3-5-18-6-4-9/h7-9,15H,3-6H2,1-2H3. The molecule has 0 amide bonds. The van der Waals surface area contributed by atoms with Crippen molar-refractivity contribution < 1.29 is 4.74 Å². The van der Waals surface area contributed by atoms with Crippen molar-refractivity contribution in [3.05, 3.63) is 21.6 Å². The molecule has 6 heteroatoms. The maximum atomic E-state index is 12.0. The maximum absolute atomic E-state index is 12.0. The lowest BCUT2D eigenvalue weighted by Crippen LogP contribution is -2.30. The first-order chi connectivity index (χ1) is 8.59. The minimum Gasteiger partial charge on any atom is -0.381 e. The lowest BCUT2D eigenvalue weighted by atomic mass is 10.1. The summed E-state index contributed by atoms with van der Waals surface area (Å²) in [4.78, 5) is 12.0. The third-order valence-corrected chi connectivity index (χ3v) is 3.38. The number of rotatable bonds is 3. The van der Waals surface area contributed by atoms with Crippen molar-refractivity contribution in [2.75, 3.05) is 18.5 Å². The van der Waals surface area contributed by atoms with Crippen LogP contribution in [0.15, 0.2) is 11.0 Å². The summed E-state index contributed by atoms with van der Waals surface area (Å²) in [6.45, 7) is 5.28. The zero-order chi connectivity index (χ0) is 13.1. The highest BCUT2D eigenvalue weighted by atomic mass is 35.5. The van der Waals surface area contributed by atoms with Crippen molar-refractivity contribution in [1.29, 1.82) is 0 Å². The van der Waals surface area contributed by atoms with Gasteiger partial charge in [-0.3, -0.25) is 4.79 Å². The van der Waals surface area contributed by atoms with Crippen molar-refractivity contribution in [3.63, 3.8) is 0 Å². The molecule has 0 saturated carbocycles. The van der Waals surface area contributed by atoms with Gasteiger partial charge >= 0.3 is 0 Å². The average Bonchev–Trinajstić information content (AvgIpc) is 2.36. The van der Waals surface area contributed by atoms with Gasteiger partial charge in [-0.2, -0.15) is 5.10 Å². The second kappa shape index (κ2) is 5.71. The van der Waals surface area contributed by atoms with E-state index in [-0.39, 0.29) is 16.6 Å². The normalized spacial score (nSPS) is 17.1. The van der Waals surface area contributed by atoms with Gasteiger partial charge in [0.1, 0.15) is 5.02 Å². The Balaban J connectivity index is 2.19. The monoisotopic (exact) mass is 271 g/mol. The van der Waals surface area contributed by atoms with Crippen LogP contribution < -0.4 is 10.9 Å². The Hall–Kier alpha value is -1.07. The predicted molar refractivity (Wildman–Crippen MR) is 71.4 cm³/mol. The first-order valence-corrected chi connectivity index (χ1v) is 6.59. The number of ether oxygens (including phenoxy) is 1. The van der Waals surface area contributed by atoms with E-state index in [4.69, 9.17) is 16.3 Å². The molecular weight excluding hydrogens is 254 g/mol. The molecule has 2 heterocycles. The number of halogens is 1. The molecular formula is C12H18ClN3O2. The molecule has 1 aromatic heterocycles. The molecule has 1 N–H and O–H groups in total. The molecule has 0 spiro atoms. The molecule has 18 heavy (non-hydrogen) atoms. The summed E-state index contributed by atoms with van der Waals surface area (Å²) in [7, 11) is 0. The number of anilines is 1. The Morgan fingerprint density at radius 2 is 2.17 bits per heavy atom. The van der Waals surface area contributed by atoms with Crippen LogP contribution >= 0.6 is 11.6 Å². The molecule has 0 aromatic carbocycles. The fraction of sp³-hybridized carbons (Fsp3) is 0.667. The SMILES string of the molecule is CC(C)n1ncc(NC2CCOCC2)c(Cl)c1=O. The zero-order valence-corrected chi connectivity index (χ0v) is 11.4. The molecule has 1 saturated heterocycles. The molecule has 0 radical (unpaired) electrons. The summed E-state index contributed by atoms with van der Waals surface area (Å²) in [6.07, 6.45) is 3.46. The quantitative estimate of drug-likeness (QED) is 0.914. The molecule has 5 nitrogen and oxygen atoms in total. The van der Waals surface area contributed by atoms with Gasteiger partial charge in [0.25, 0.3) is 5.56 Å². The fourth-order valence-corrected chi connectivity index (χ4v) is 2.17. The van der Waals surface area contributed by atoms with E-state index in [0.29, 0.717) is 11.7 Å². The third-order valence-electron chi connectivity index (χ3n) is 3.01. The number of nitrogens with one attached hydrogen (secondary N) is 1. The molecule has 2 rings (SSSR count). The Morgan fingerprint density at radius 1 is 1.50 bits per heavy atom. The Morgan fingerprint density at radius 3 is 2.78 bits per heavy atom. The molecule has 0 aliphatic carbocycles. The van der Waals surface area contributed by atoms with E-state index in [0.717, 1.165) is 26.1 Å². The molecule has 0 atom stereocenters. The summed E-state index contributed by atoms with van der Waals surface area (Å²) in [5, 5.41) is 7.61. The van der Waals surface area contributed by atoms with Crippen LogP contribution in [0.2, 0.25) is 5.02 Å². The first-order valence-electron chi connectivity index (χ1n) is 6.21. The third kappa shape index (κ3) is 2.84. The summed E-state index contributed by atoms with van der Waals surface area (Å²) in [5.41, 5.74) is 0.370. The van der Waals surface area contributed by atoms with Crippen LogP contribution in [-0.4, -0.2) is 29.0 Å². The molecule has 100 valence electrons. The highest BCUT2D eigenvalue weighted by molar-refractivity contribution is 6.32. The van der Waals surface area contributed by atoms with E-state index in [9.17, 15) is 4.79 Å². The highest BCUT2D eigenvalue weighted by Gasteiger charge is 2.17. The minimum absolute atomic E-state index is 0.00660. The van der Waals surface area contributed by atoms with E-state index in [2.05, 4.69) is 10.4 Å².